The smallest absolute Gasteiger partial charge is 0.201 e. The van der Waals surface area contributed by atoms with Gasteiger partial charge in [-0.15, -0.1) is 0 Å². The van der Waals surface area contributed by atoms with Crippen LogP contribution in [0.2, 0.25) is 0 Å². The summed E-state index contributed by atoms with van der Waals surface area (Å²) in [5, 5.41) is 0. The van der Waals surface area contributed by atoms with Crippen LogP contribution in [-0.4, -0.2) is 83.5 Å². The zero-order valence-corrected chi connectivity index (χ0v) is 14.9. The average molecular weight is 334 g/mol. The number of likely N-dealkylation sites (N-methyl/N-ethyl adjacent to an activating group) is 2. The van der Waals surface area contributed by atoms with Crippen LogP contribution in [0.1, 0.15) is 0 Å². The van der Waals surface area contributed by atoms with Gasteiger partial charge in [-0.05, 0) is 0 Å². The van der Waals surface area contributed by atoms with Crippen molar-refractivity contribution in [3.05, 3.63) is 12.1 Å². The second-order valence-corrected chi connectivity index (χ2v) is 6.05. The Labute approximate surface area is 143 Å². The van der Waals surface area contributed by atoms with E-state index in [-0.39, 0.29) is 0 Å². The fourth-order valence-electron chi connectivity index (χ4n) is 3.07. The molecule has 2 saturated heterocycles. The predicted octanol–water partition coefficient (Wildman–Crippen LogP) is 1.41. The van der Waals surface area contributed by atoms with Gasteiger partial charge in [-0.2, -0.15) is 0 Å². The molecule has 132 valence electrons. The molecule has 2 fully saturated rings. The van der Waals surface area contributed by atoms with Gasteiger partial charge in [0.15, 0.2) is 11.5 Å². The maximum Gasteiger partial charge on any atom is 0.201 e. The fraction of sp³-hybridized carbons (Fsp3) is 0.588. The third-order valence-electron chi connectivity index (χ3n) is 4.51. The van der Waals surface area contributed by atoms with Crippen LogP contribution in [-0.2, 0) is 4.74 Å². The van der Waals surface area contributed by atoms with Crippen molar-refractivity contribution < 1.29 is 14.2 Å². The lowest BCUT2D eigenvalue weighted by Crippen LogP contribution is -2.36. The number of nitrogens with zero attached hydrogens (tertiary/aromatic N) is 4. The molecule has 1 aromatic carbocycles. The maximum absolute atomic E-state index is 5.48. The van der Waals surface area contributed by atoms with Gasteiger partial charge in [0.2, 0.25) is 5.96 Å². The van der Waals surface area contributed by atoms with Crippen LogP contribution in [0, 0.1) is 0 Å². The summed E-state index contributed by atoms with van der Waals surface area (Å²) in [5.41, 5.74) is 1.95. The zero-order valence-electron chi connectivity index (χ0n) is 14.9. The van der Waals surface area contributed by atoms with Crippen molar-refractivity contribution in [3.8, 4) is 11.5 Å². The topological polar surface area (TPSA) is 49.8 Å². The number of hydrogen-bond acceptors (Lipinski definition) is 5. The molecule has 0 unspecified atom stereocenters. The molecule has 7 heteroatoms. The van der Waals surface area contributed by atoms with E-state index in [1.54, 1.807) is 14.2 Å². The van der Waals surface area contributed by atoms with E-state index in [9.17, 15) is 0 Å². The van der Waals surface area contributed by atoms with E-state index in [4.69, 9.17) is 19.2 Å². The molecule has 0 aromatic heterocycles. The summed E-state index contributed by atoms with van der Waals surface area (Å²) in [4.78, 5) is 11.6. The van der Waals surface area contributed by atoms with E-state index in [1.807, 2.05) is 12.1 Å². The molecular formula is C17H26N4O3. The van der Waals surface area contributed by atoms with Crippen LogP contribution in [0.3, 0.4) is 0 Å². The van der Waals surface area contributed by atoms with Gasteiger partial charge in [-0.3, -0.25) is 0 Å². The third-order valence-corrected chi connectivity index (χ3v) is 4.51. The molecule has 0 amide bonds. The number of guanidine groups is 1. The maximum atomic E-state index is 5.48. The van der Waals surface area contributed by atoms with Gasteiger partial charge >= 0.3 is 0 Å². The monoisotopic (exact) mass is 334 g/mol. The van der Waals surface area contributed by atoms with E-state index < -0.39 is 0 Å². The minimum atomic E-state index is 0.692. The highest BCUT2D eigenvalue weighted by atomic mass is 16.5. The lowest BCUT2D eigenvalue weighted by atomic mass is 10.2. The normalized spacial score (nSPS) is 18.2. The Bertz CT molecular complexity index is 602. The first kappa shape index (κ1) is 16.7. The number of anilines is 1. The SMILES string of the molecule is COc1cc(N=C2N(C)CCN2C)c(N2CCOCC2)cc1OC. The first-order valence-electron chi connectivity index (χ1n) is 8.23. The van der Waals surface area contributed by atoms with Crippen LogP contribution >= 0.6 is 0 Å². The molecule has 2 aliphatic heterocycles. The lowest BCUT2D eigenvalue weighted by molar-refractivity contribution is 0.122. The largest absolute Gasteiger partial charge is 0.493 e. The molecule has 3 rings (SSSR count). The molecule has 1 aromatic rings. The Hall–Kier alpha value is -2.15. The number of benzene rings is 1. The van der Waals surface area contributed by atoms with E-state index in [1.165, 1.54) is 0 Å². The van der Waals surface area contributed by atoms with E-state index >= 15 is 0 Å². The molecule has 2 aliphatic rings. The Morgan fingerprint density at radius 2 is 1.50 bits per heavy atom. The van der Waals surface area contributed by atoms with Gasteiger partial charge in [0.05, 0.1) is 38.8 Å². The number of hydrogen-bond donors (Lipinski definition) is 0. The predicted molar refractivity (Wildman–Crippen MR) is 94.9 cm³/mol. The molecule has 0 saturated carbocycles. The van der Waals surface area contributed by atoms with Crippen LogP contribution < -0.4 is 14.4 Å². The summed E-state index contributed by atoms with van der Waals surface area (Å²) in [5.74, 6) is 2.38. The molecule has 0 bridgehead atoms. The number of rotatable bonds is 4. The van der Waals surface area contributed by atoms with E-state index in [2.05, 4.69) is 28.8 Å². The van der Waals surface area contributed by atoms with Crippen LogP contribution in [0.25, 0.3) is 0 Å². The Kier molecular flexibility index (Phi) is 4.99. The second-order valence-electron chi connectivity index (χ2n) is 6.05. The second kappa shape index (κ2) is 7.17. The van der Waals surface area contributed by atoms with Crippen molar-refractivity contribution in [1.29, 1.82) is 0 Å². The van der Waals surface area contributed by atoms with Gasteiger partial charge in [-0.1, -0.05) is 0 Å². The minimum Gasteiger partial charge on any atom is -0.493 e. The number of morpholine rings is 1. The van der Waals surface area contributed by atoms with Gasteiger partial charge < -0.3 is 28.9 Å². The summed E-state index contributed by atoms with van der Waals surface area (Å²) in [7, 11) is 7.44. The Morgan fingerprint density at radius 3 is 2.08 bits per heavy atom. The molecule has 24 heavy (non-hydrogen) atoms. The van der Waals surface area contributed by atoms with Gasteiger partial charge in [0, 0.05) is 52.4 Å². The molecule has 0 atom stereocenters. The summed E-state index contributed by atoms with van der Waals surface area (Å²) < 4.78 is 16.4. The first-order valence-corrected chi connectivity index (χ1v) is 8.23. The molecule has 7 nitrogen and oxygen atoms in total. The lowest BCUT2D eigenvalue weighted by Gasteiger charge is -2.30. The average Bonchev–Trinajstić information content (AvgIpc) is 2.94. The quantitative estimate of drug-likeness (QED) is 0.830. The van der Waals surface area contributed by atoms with Crippen LogP contribution in [0.4, 0.5) is 11.4 Å². The van der Waals surface area contributed by atoms with Crippen molar-refractivity contribution in [2.45, 2.75) is 0 Å². The number of ether oxygens (including phenoxy) is 3. The zero-order chi connectivity index (χ0) is 17.1. The Morgan fingerprint density at radius 1 is 0.917 bits per heavy atom. The molecular weight excluding hydrogens is 308 g/mol. The third kappa shape index (κ3) is 3.21. The summed E-state index contributed by atoms with van der Waals surface area (Å²) >= 11 is 0. The molecule has 2 heterocycles. The molecule has 0 aliphatic carbocycles. The first-order chi connectivity index (χ1) is 11.6. The van der Waals surface area contributed by atoms with Gasteiger partial charge in [0.1, 0.15) is 0 Å². The molecule has 0 spiro atoms. The standard InChI is InChI=1S/C17H26N4O3/c1-19-5-6-20(2)17(19)18-13-11-15(22-3)16(23-4)12-14(13)21-7-9-24-10-8-21/h11-12H,5-10H2,1-4H3. The number of methoxy groups -OCH3 is 2. The van der Waals surface area contributed by atoms with Crippen molar-refractivity contribution in [2.24, 2.45) is 4.99 Å². The Balaban J connectivity index is 2.06. The fourth-order valence-corrected chi connectivity index (χ4v) is 3.07. The summed E-state index contributed by atoms with van der Waals surface area (Å²) in [6.07, 6.45) is 0. The van der Waals surface area contributed by atoms with Gasteiger partial charge in [-0.25, -0.2) is 4.99 Å². The van der Waals surface area contributed by atoms with Crippen molar-refractivity contribution in [3.63, 3.8) is 0 Å². The van der Waals surface area contributed by atoms with Crippen LogP contribution in [0.5, 0.6) is 11.5 Å². The van der Waals surface area contributed by atoms with Crippen molar-refractivity contribution in [2.75, 3.05) is 72.6 Å². The van der Waals surface area contributed by atoms with E-state index in [0.717, 1.165) is 62.5 Å². The number of aliphatic imine (C=N–C) groups is 1. The van der Waals surface area contributed by atoms with Crippen molar-refractivity contribution >= 4 is 17.3 Å². The molecule has 0 radical (unpaired) electrons. The minimum absolute atomic E-state index is 0.692. The van der Waals surface area contributed by atoms with Crippen LogP contribution in [0.15, 0.2) is 17.1 Å². The van der Waals surface area contributed by atoms with Crippen molar-refractivity contribution in [1.82, 2.24) is 9.80 Å². The van der Waals surface area contributed by atoms with Gasteiger partial charge in [0.25, 0.3) is 0 Å². The molecule has 0 N–H and O–H groups in total. The highest BCUT2D eigenvalue weighted by Gasteiger charge is 2.23. The highest BCUT2D eigenvalue weighted by Crippen LogP contribution is 2.40. The summed E-state index contributed by atoms with van der Waals surface area (Å²) in [6.45, 7) is 5.11. The van der Waals surface area contributed by atoms with E-state index in [0.29, 0.717) is 5.75 Å². The highest BCUT2D eigenvalue weighted by molar-refractivity contribution is 5.87. The summed E-state index contributed by atoms with van der Waals surface area (Å²) in [6, 6.07) is 3.97.